The number of rotatable bonds is 9. The van der Waals surface area contributed by atoms with Crippen LogP contribution in [0.4, 0.5) is 5.82 Å². The maximum atomic E-state index is 13.1. The molecule has 0 amide bonds. The number of unbranched alkanes of at least 4 members (excludes halogenated alkanes) is 3. The van der Waals surface area contributed by atoms with Crippen molar-refractivity contribution in [3.8, 4) is 5.69 Å². The number of nitrogens with zero attached hydrogens (tertiary/aromatic N) is 3. The van der Waals surface area contributed by atoms with E-state index in [1.807, 2.05) is 41.0 Å². The van der Waals surface area contributed by atoms with Crippen LogP contribution in [0.15, 0.2) is 48.5 Å². The molecule has 0 saturated heterocycles. The van der Waals surface area contributed by atoms with Gasteiger partial charge in [0.05, 0.1) is 17.6 Å². The second kappa shape index (κ2) is 10.0. The number of hydrogen-bond donors (Lipinski definition) is 1. The maximum Gasteiger partial charge on any atom is 0.344 e. The normalized spacial score (nSPS) is 12.3. The SMILES string of the molecule is CCCCCCOC(=O)c1c(N)n(-c2ccc([C@@H](C)CC)cc2)c2nc3ccccc3nc12. The average Bonchev–Trinajstić information content (AvgIpc) is 3.12. The third-order valence-electron chi connectivity index (χ3n) is 6.27. The van der Waals surface area contributed by atoms with Crippen LogP contribution in [0.2, 0.25) is 0 Å². The zero-order valence-corrected chi connectivity index (χ0v) is 19.7. The molecule has 0 unspecified atom stereocenters. The molecule has 4 rings (SSSR count). The molecule has 2 aromatic carbocycles. The standard InChI is InChI=1S/C27H32N4O2/c1-4-6-7-10-17-33-27(32)23-24-26(30-22-12-9-8-11-21(22)29-24)31(25(23)28)20-15-13-19(14-16-20)18(3)5-2/h8-9,11-16,18H,4-7,10,17,28H2,1-3H3/t18-/m0/s1. The minimum atomic E-state index is -0.450. The Balaban J connectivity index is 1.80. The highest BCUT2D eigenvalue weighted by atomic mass is 16.5. The van der Waals surface area contributed by atoms with Gasteiger partial charge in [-0.1, -0.05) is 64.3 Å². The summed E-state index contributed by atoms with van der Waals surface area (Å²) >= 11 is 0. The second-order valence-electron chi connectivity index (χ2n) is 8.58. The summed E-state index contributed by atoms with van der Waals surface area (Å²) in [4.78, 5) is 22.7. The van der Waals surface area contributed by atoms with Crippen molar-refractivity contribution in [2.24, 2.45) is 0 Å². The van der Waals surface area contributed by atoms with Crippen LogP contribution in [-0.2, 0) is 4.74 Å². The summed E-state index contributed by atoms with van der Waals surface area (Å²) in [5.74, 6) is 0.323. The largest absolute Gasteiger partial charge is 0.462 e. The van der Waals surface area contributed by atoms with Gasteiger partial charge in [-0.15, -0.1) is 0 Å². The third-order valence-corrected chi connectivity index (χ3v) is 6.27. The molecule has 6 nitrogen and oxygen atoms in total. The van der Waals surface area contributed by atoms with Crippen LogP contribution in [0, 0.1) is 0 Å². The van der Waals surface area contributed by atoms with Crippen LogP contribution in [-0.4, -0.2) is 27.1 Å². The summed E-state index contributed by atoms with van der Waals surface area (Å²) in [6.45, 7) is 6.91. The van der Waals surface area contributed by atoms with Gasteiger partial charge in [0.2, 0.25) is 0 Å². The lowest BCUT2D eigenvalue weighted by Gasteiger charge is -2.12. The smallest absolute Gasteiger partial charge is 0.344 e. The van der Waals surface area contributed by atoms with Gasteiger partial charge in [-0.05, 0) is 48.6 Å². The zero-order valence-electron chi connectivity index (χ0n) is 19.7. The van der Waals surface area contributed by atoms with Crippen molar-refractivity contribution in [3.63, 3.8) is 0 Å². The molecule has 6 heteroatoms. The Bertz CT molecular complexity index is 1260. The Morgan fingerprint density at radius 1 is 1.00 bits per heavy atom. The number of ether oxygens (including phenoxy) is 1. The summed E-state index contributed by atoms with van der Waals surface area (Å²) < 4.78 is 7.40. The first-order valence-electron chi connectivity index (χ1n) is 11.9. The monoisotopic (exact) mass is 444 g/mol. The molecule has 0 radical (unpaired) electrons. The highest BCUT2D eigenvalue weighted by Crippen LogP contribution is 2.32. The van der Waals surface area contributed by atoms with Crippen LogP contribution in [0.1, 0.15) is 74.7 Å². The summed E-state index contributed by atoms with van der Waals surface area (Å²) in [6.07, 6.45) is 5.20. The van der Waals surface area contributed by atoms with E-state index in [1.54, 1.807) is 0 Å². The fraction of sp³-hybridized carbons (Fsp3) is 0.370. The van der Waals surface area contributed by atoms with Gasteiger partial charge in [0.15, 0.2) is 5.65 Å². The summed E-state index contributed by atoms with van der Waals surface area (Å²) in [5, 5.41) is 0. The molecular formula is C27H32N4O2. The molecule has 0 aliphatic heterocycles. The van der Waals surface area contributed by atoms with E-state index in [1.165, 1.54) is 5.56 Å². The molecule has 33 heavy (non-hydrogen) atoms. The Kier molecular flexibility index (Phi) is 6.92. The van der Waals surface area contributed by atoms with E-state index in [-0.39, 0.29) is 5.56 Å². The zero-order chi connectivity index (χ0) is 23.4. The molecule has 2 N–H and O–H groups in total. The maximum absolute atomic E-state index is 13.1. The average molecular weight is 445 g/mol. The van der Waals surface area contributed by atoms with Gasteiger partial charge >= 0.3 is 5.97 Å². The molecule has 2 heterocycles. The highest BCUT2D eigenvalue weighted by Gasteiger charge is 2.26. The quantitative estimate of drug-likeness (QED) is 0.238. The summed E-state index contributed by atoms with van der Waals surface area (Å²) in [6, 6.07) is 15.9. The first-order valence-corrected chi connectivity index (χ1v) is 11.9. The fourth-order valence-corrected chi connectivity index (χ4v) is 4.08. The first-order chi connectivity index (χ1) is 16.0. The highest BCUT2D eigenvalue weighted by molar-refractivity contribution is 6.09. The minimum absolute atomic E-state index is 0.282. The number of fused-ring (bicyclic) bond motifs is 2. The van der Waals surface area contributed by atoms with Crippen molar-refractivity contribution >= 4 is 34.0 Å². The molecule has 1 atom stereocenters. The number of anilines is 1. The van der Waals surface area contributed by atoms with Crippen LogP contribution >= 0.6 is 0 Å². The number of para-hydroxylation sites is 2. The number of nitrogen functional groups attached to an aromatic ring is 1. The number of carbonyl (C=O) groups excluding carboxylic acids is 1. The lowest BCUT2D eigenvalue weighted by atomic mass is 9.99. The number of aromatic nitrogens is 3. The molecule has 0 aliphatic carbocycles. The summed E-state index contributed by atoms with van der Waals surface area (Å²) in [7, 11) is 0. The van der Waals surface area contributed by atoms with Gasteiger partial charge in [-0.2, -0.15) is 0 Å². The van der Waals surface area contributed by atoms with E-state index in [2.05, 4.69) is 32.9 Å². The molecule has 0 bridgehead atoms. The lowest BCUT2D eigenvalue weighted by Crippen LogP contribution is -2.10. The van der Waals surface area contributed by atoms with Crippen LogP contribution in [0.5, 0.6) is 0 Å². The van der Waals surface area contributed by atoms with Gasteiger partial charge in [0.1, 0.15) is 16.9 Å². The number of esters is 1. The van der Waals surface area contributed by atoms with Crippen molar-refractivity contribution in [1.29, 1.82) is 0 Å². The predicted octanol–water partition coefficient (Wildman–Crippen LogP) is 6.41. The van der Waals surface area contributed by atoms with E-state index in [0.29, 0.717) is 35.0 Å². The number of carbonyl (C=O) groups is 1. The second-order valence-corrected chi connectivity index (χ2v) is 8.58. The number of hydrogen-bond acceptors (Lipinski definition) is 5. The van der Waals surface area contributed by atoms with E-state index in [4.69, 9.17) is 20.4 Å². The Hall–Kier alpha value is -3.41. The first kappa shape index (κ1) is 22.8. The van der Waals surface area contributed by atoms with Crippen molar-refractivity contribution < 1.29 is 9.53 Å². The Morgan fingerprint density at radius 3 is 2.36 bits per heavy atom. The van der Waals surface area contributed by atoms with E-state index in [9.17, 15) is 4.79 Å². The number of benzene rings is 2. The molecule has 172 valence electrons. The van der Waals surface area contributed by atoms with Gasteiger partial charge in [0.25, 0.3) is 0 Å². The van der Waals surface area contributed by atoms with Gasteiger partial charge in [0, 0.05) is 5.69 Å². The molecule has 0 saturated carbocycles. The minimum Gasteiger partial charge on any atom is -0.462 e. The van der Waals surface area contributed by atoms with Gasteiger partial charge in [-0.25, -0.2) is 14.8 Å². The van der Waals surface area contributed by atoms with Gasteiger partial charge in [-0.3, -0.25) is 4.57 Å². The lowest BCUT2D eigenvalue weighted by molar-refractivity contribution is 0.0501. The van der Waals surface area contributed by atoms with Crippen molar-refractivity contribution in [2.75, 3.05) is 12.3 Å². The fourth-order valence-electron chi connectivity index (χ4n) is 4.08. The molecule has 0 fully saturated rings. The van der Waals surface area contributed by atoms with Crippen molar-refractivity contribution in [2.45, 2.75) is 58.8 Å². The summed E-state index contributed by atoms with van der Waals surface area (Å²) in [5.41, 5.74) is 11.4. The molecular weight excluding hydrogens is 412 g/mol. The van der Waals surface area contributed by atoms with E-state index in [0.717, 1.165) is 43.3 Å². The van der Waals surface area contributed by atoms with Crippen LogP contribution in [0.25, 0.3) is 27.9 Å². The Morgan fingerprint density at radius 2 is 1.70 bits per heavy atom. The van der Waals surface area contributed by atoms with Crippen molar-refractivity contribution in [3.05, 3.63) is 59.7 Å². The van der Waals surface area contributed by atoms with Gasteiger partial charge < -0.3 is 10.5 Å². The topological polar surface area (TPSA) is 83.0 Å². The van der Waals surface area contributed by atoms with E-state index < -0.39 is 5.97 Å². The molecule has 2 aromatic heterocycles. The third kappa shape index (κ3) is 4.56. The molecule has 4 aromatic rings. The number of nitrogens with two attached hydrogens (primary N) is 1. The predicted molar refractivity (Wildman–Crippen MR) is 134 cm³/mol. The van der Waals surface area contributed by atoms with Crippen LogP contribution in [0.3, 0.4) is 0 Å². The molecule has 0 spiro atoms. The Labute approximate surface area is 194 Å². The van der Waals surface area contributed by atoms with Crippen LogP contribution < -0.4 is 5.73 Å². The van der Waals surface area contributed by atoms with Crippen molar-refractivity contribution in [1.82, 2.24) is 14.5 Å². The van der Waals surface area contributed by atoms with E-state index >= 15 is 0 Å². The molecule has 0 aliphatic rings.